The molecule has 0 fully saturated rings. The maximum Gasteiger partial charge on any atom is 0.419 e. The second kappa shape index (κ2) is 12.5. The Morgan fingerprint density at radius 1 is 1.03 bits per heavy atom. The van der Waals surface area contributed by atoms with Crippen LogP contribution in [0.3, 0.4) is 0 Å². The fraction of sp³-hybridized carbons (Fsp3) is 0.519. The molecule has 0 saturated heterocycles. The third-order valence-electron chi connectivity index (χ3n) is 5.08. The summed E-state index contributed by atoms with van der Waals surface area (Å²) in [5.74, 6) is -0.0721. The van der Waals surface area contributed by atoms with Crippen LogP contribution in [0.2, 0.25) is 0 Å². The monoisotopic (exact) mass is 514 g/mol. The molecule has 1 atom stereocenters. The Morgan fingerprint density at radius 2 is 1.65 bits per heavy atom. The van der Waals surface area contributed by atoms with E-state index < -0.39 is 29.4 Å². The molecule has 0 spiro atoms. The van der Waals surface area contributed by atoms with Gasteiger partial charge in [-0.15, -0.1) is 0 Å². The van der Waals surface area contributed by atoms with Crippen LogP contribution in [-0.2, 0) is 19.0 Å². The normalized spacial score (nSPS) is 13.0. The standard InChI is InChI=1S/C27H38N4O6/c1-9-19(16-31(24(33)36-26(2,3)4)25(34)37-27(5,6)7)13-14-20(23(32)35-8)21-17-30(18-29-21)22-12-10-11-15-28-22/h10-12,14-15,17-19H,9,13,16H2,1-8H3. The number of carbonyl (C=O) groups is 3. The van der Waals surface area contributed by atoms with Gasteiger partial charge in [0.05, 0.1) is 18.4 Å². The molecule has 0 aromatic carbocycles. The number of nitrogens with zero attached hydrogens (tertiary/aromatic N) is 4. The van der Waals surface area contributed by atoms with Crippen LogP contribution in [0.1, 0.15) is 67.0 Å². The van der Waals surface area contributed by atoms with Crippen molar-refractivity contribution in [2.24, 2.45) is 5.92 Å². The molecule has 0 aliphatic carbocycles. The Hall–Kier alpha value is -3.69. The van der Waals surface area contributed by atoms with Crippen LogP contribution in [0.15, 0.2) is 43.0 Å². The highest BCUT2D eigenvalue weighted by atomic mass is 16.6. The average molecular weight is 515 g/mol. The number of esters is 1. The molecule has 10 heteroatoms. The van der Waals surface area contributed by atoms with E-state index >= 15 is 0 Å². The van der Waals surface area contributed by atoms with Crippen LogP contribution in [-0.4, -0.2) is 62.4 Å². The van der Waals surface area contributed by atoms with Crippen molar-refractivity contribution in [3.63, 3.8) is 0 Å². The molecular formula is C27H38N4O6. The van der Waals surface area contributed by atoms with E-state index in [0.29, 0.717) is 24.4 Å². The molecule has 0 N–H and O–H groups in total. The second-order valence-electron chi connectivity index (χ2n) is 10.5. The molecule has 1 unspecified atom stereocenters. The summed E-state index contributed by atoms with van der Waals surface area (Å²) in [4.78, 5) is 48.0. The largest absolute Gasteiger partial charge is 0.465 e. The molecule has 10 nitrogen and oxygen atoms in total. The van der Waals surface area contributed by atoms with Crippen molar-refractivity contribution in [2.75, 3.05) is 13.7 Å². The third-order valence-corrected chi connectivity index (χ3v) is 5.08. The van der Waals surface area contributed by atoms with Crippen LogP contribution in [0.5, 0.6) is 0 Å². The minimum atomic E-state index is -0.788. The van der Waals surface area contributed by atoms with Gasteiger partial charge in [-0.3, -0.25) is 4.57 Å². The molecule has 2 aromatic heterocycles. The molecule has 2 aromatic rings. The molecule has 2 amide bonds. The molecular weight excluding hydrogens is 476 g/mol. The van der Waals surface area contributed by atoms with Crippen LogP contribution in [0.25, 0.3) is 11.4 Å². The van der Waals surface area contributed by atoms with Crippen molar-refractivity contribution in [3.8, 4) is 5.82 Å². The lowest BCUT2D eigenvalue weighted by Crippen LogP contribution is -2.45. The molecule has 37 heavy (non-hydrogen) atoms. The molecule has 0 saturated carbocycles. The summed E-state index contributed by atoms with van der Waals surface area (Å²) in [6.07, 6.45) is 6.07. The first-order valence-corrected chi connectivity index (χ1v) is 12.2. The summed E-state index contributed by atoms with van der Waals surface area (Å²) in [6.45, 7) is 12.4. The molecule has 0 aliphatic rings. The van der Waals surface area contributed by atoms with Crippen molar-refractivity contribution in [1.82, 2.24) is 19.4 Å². The van der Waals surface area contributed by atoms with E-state index in [4.69, 9.17) is 14.2 Å². The van der Waals surface area contributed by atoms with Crippen molar-refractivity contribution in [3.05, 3.63) is 48.7 Å². The van der Waals surface area contributed by atoms with Gasteiger partial charge in [0.2, 0.25) is 0 Å². The number of carbonyl (C=O) groups excluding carboxylic acids is 3. The number of hydrogen-bond acceptors (Lipinski definition) is 8. The minimum absolute atomic E-state index is 0.0493. The second-order valence-corrected chi connectivity index (χ2v) is 10.5. The Labute approximate surface area is 218 Å². The van der Waals surface area contributed by atoms with Crippen LogP contribution >= 0.6 is 0 Å². The predicted molar refractivity (Wildman–Crippen MR) is 139 cm³/mol. The number of allylic oxidation sites excluding steroid dienone is 1. The predicted octanol–water partition coefficient (Wildman–Crippen LogP) is 5.41. The van der Waals surface area contributed by atoms with Gasteiger partial charge in [-0.1, -0.05) is 25.5 Å². The number of amides is 2. The number of rotatable bonds is 8. The van der Waals surface area contributed by atoms with Gasteiger partial charge in [0.1, 0.15) is 23.3 Å². The summed E-state index contributed by atoms with van der Waals surface area (Å²) >= 11 is 0. The summed E-state index contributed by atoms with van der Waals surface area (Å²) in [5.41, 5.74) is -0.882. The van der Waals surface area contributed by atoms with Crippen LogP contribution < -0.4 is 0 Å². The summed E-state index contributed by atoms with van der Waals surface area (Å²) in [7, 11) is 1.30. The first-order chi connectivity index (χ1) is 17.2. The zero-order chi connectivity index (χ0) is 27.8. The van der Waals surface area contributed by atoms with Crippen molar-refractivity contribution >= 4 is 23.7 Å². The average Bonchev–Trinajstić information content (AvgIpc) is 3.29. The number of imide groups is 1. The molecule has 0 aliphatic heterocycles. The maximum atomic E-state index is 12.9. The van der Waals surface area contributed by atoms with Gasteiger partial charge in [-0.05, 0) is 66.0 Å². The van der Waals surface area contributed by atoms with E-state index in [9.17, 15) is 14.4 Å². The van der Waals surface area contributed by atoms with E-state index in [1.165, 1.54) is 7.11 Å². The molecule has 202 valence electrons. The van der Waals surface area contributed by atoms with Crippen molar-refractivity contribution < 1.29 is 28.6 Å². The van der Waals surface area contributed by atoms with E-state index in [1.54, 1.807) is 70.9 Å². The Balaban J connectivity index is 2.29. The first kappa shape index (κ1) is 29.5. The maximum absolute atomic E-state index is 12.9. The number of methoxy groups -OCH3 is 1. The fourth-order valence-corrected chi connectivity index (χ4v) is 3.27. The zero-order valence-electron chi connectivity index (χ0n) is 23.0. The van der Waals surface area contributed by atoms with Gasteiger partial charge in [0, 0.05) is 18.9 Å². The molecule has 2 rings (SSSR count). The number of hydrogen-bond donors (Lipinski definition) is 0. The zero-order valence-corrected chi connectivity index (χ0v) is 23.0. The highest BCUT2D eigenvalue weighted by Gasteiger charge is 2.32. The Bertz CT molecular complexity index is 1070. The third kappa shape index (κ3) is 9.36. The Morgan fingerprint density at radius 3 is 2.14 bits per heavy atom. The van der Waals surface area contributed by atoms with E-state index in [0.717, 1.165) is 4.90 Å². The lowest BCUT2D eigenvalue weighted by Gasteiger charge is -2.30. The lowest BCUT2D eigenvalue weighted by molar-refractivity contribution is -0.133. The summed E-state index contributed by atoms with van der Waals surface area (Å²) in [6, 6.07) is 5.48. The summed E-state index contributed by atoms with van der Waals surface area (Å²) in [5, 5.41) is 0. The molecule has 0 radical (unpaired) electrons. The van der Waals surface area contributed by atoms with Crippen LogP contribution in [0, 0.1) is 5.92 Å². The van der Waals surface area contributed by atoms with Crippen molar-refractivity contribution in [2.45, 2.75) is 72.5 Å². The number of aromatic nitrogens is 3. The first-order valence-electron chi connectivity index (χ1n) is 12.2. The van der Waals surface area contributed by atoms with E-state index in [2.05, 4.69) is 9.97 Å². The smallest absolute Gasteiger partial charge is 0.419 e. The fourth-order valence-electron chi connectivity index (χ4n) is 3.27. The van der Waals surface area contributed by atoms with Gasteiger partial charge in [-0.25, -0.2) is 29.3 Å². The quantitative estimate of drug-likeness (QED) is 0.261. The van der Waals surface area contributed by atoms with Crippen molar-refractivity contribution in [1.29, 1.82) is 0 Å². The lowest BCUT2D eigenvalue weighted by atomic mass is 9.99. The number of ether oxygens (including phenoxy) is 3. The van der Waals surface area contributed by atoms with E-state index in [1.807, 2.05) is 25.1 Å². The van der Waals surface area contributed by atoms with Gasteiger partial charge in [0.25, 0.3) is 0 Å². The van der Waals surface area contributed by atoms with Gasteiger partial charge in [0.15, 0.2) is 0 Å². The number of imidazole rings is 1. The molecule has 0 bridgehead atoms. The van der Waals surface area contributed by atoms with E-state index in [-0.39, 0.29) is 18.0 Å². The summed E-state index contributed by atoms with van der Waals surface area (Å²) < 4.78 is 17.6. The van der Waals surface area contributed by atoms with Gasteiger partial charge >= 0.3 is 18.2 Å². The number of pyridine rings is 1. The highest BCUT2D eigenvalue weighted by molar-refractivity contribution is 6.15. The highest BCUT2D eigenvalue weighted by Crippen LogP contribution is 2.22. The molecule has 2 heterocycles. The SMILES string of the molecule is CCC(CC=C(C(=O)OC)c1cn(-c2ccccn2)cn1)CN(C(=O)OC(C)(C)C)C(=O)OC(C)(C)C. The Kier molecular flexibility index (Phi) is 9.99. The minimum Gasteiger partial charge on any atom is -0.465 e. The van der Waals surface area contributed by atoms with Gasteiger partial charge in [-0.2, -0.15) is 0 Å². The van der Waals surface area contributed by atoms with Crippen LogP contribution in [0.4, 0.5) is 9.59 Å². The topological polar surface area (TPSA) is 113 Å². The van der Waals surface area contributed by atoms with Gasteiger partial charge < -0.3 is 14.2 Å².